The lowest BCUT2D eigenvalue weighted by molar-refractivity contribution is -0.385. The first-order valence-corrected chi connectivity index (χ1v) is 5.19. The number of ether oxygens (including phenoxy) is 1. The van der Waals surface area contributed by atoms with E-state index in [-0.39, 0.29) is 30.4 Å². The second-order valence-corrected chi connectivity index (χ2v) is 3.58. The Hall–Kier alpha value is -1.82. The normalized spacial score (nSPS) is 9.76. The zero-order valence-corrected chi connectivity index (χ0v) is 9.86. The highest BCUT2D eigenvalue weighted by atomic mass is 35.5. The van der Waals surface area contributed by atoms with Crippen molar-refractivity contribution < 1.29 is 14.5 Å². The summed E-state index contributed by atoms with van der Waals surface area (Å²) < 4.78 is 5.16. The predicted octanol–water partition coefficient (Wildman–Crippen LogP) is 1.76. The van der Waals surface area contributed by atoms with Crippen molar-refractivity contribution in [2.24, 2.45) is 0 Å². The molecule has 0 aliphatic carbocycles. The highest BCUT2D eigenvalue weighted by molar-refractivity contribution is 6.30. The number of benzene rings is 1. The van der Waals surface area contributed by atoms with Gasteiger partial charge in [0.1, 0.15) is 0 Å². The van der Waals surface area contributed by atoms with Gasteiger partial charge in [-0.1, -0.05) is 11.6 Å². The third kappa shape index (κ3) is 3.92. The number of rotatable bonds is 5. The molecule has 0 unspecified atom stereocenters. The molecule has 0 bridgehead atoms. The van der Waals surface area contributed by atoms with Gasteiger partial charge in [-0.15, -0.1) is 0 Å². The lowest BCUT2D eigenvalue weighted by Crippen LogP contribution is -2.20. The average molecular weight is 259 g/mol. The summed E-state index contributed by atoms with van der Waals surface area (Å²) in [7, 11) is 1.50. The molecule has 0 saturated carbocycles. The van der Waals surface area contributed by atoms with Crippen LogP contribution >= 0.6 is 11.6 Å². The molecule has 0 aliphatic heterocycles. The molecule has 0 radical (unpaired) electrons. The smallest absolute Gasteiger partial charge is 0.311 e. The van der Waals surface area contributed by atoms with E-state index in [4.69, 9.17) is 16.3 Å². The van der Waals surface area contributed by atoms with E-state index in [1.54, 1.807) is 0 Å². The highest BCUT2D eigenvalue weighted by Gasteiger charge is 2.15. The van der Waals surface area contributed by atoms with Crippen LogP contribution in [0.25, 0.3) is 0 Å². The Kier molecular flexibility index (Phi) is 4.71. The van der Waals surface area contributed by atoms with Crippen LogP contribution in [0.5, 0.6) is 5.75 Å². The summed E-state index contributed by atoms with van der Waals surface area (Å²) in [6, 6.07) is 4.02. The quantitative estimate of drug-likeness (QED) is 0.644. The second kappa shape index (κ2) is 6.05. The molecule has 17 heavy (non-hydrogen) atoms. The fraction of sp³-hybridized carbons (Fsp3) is 0.300. The number of halogens is 1. The van der Waals surface area contributed by atoms with Crippen LogP contribution in [0.2, 0.25) is 5.02 Å². The number of carbonyl (C=O) groups excluding carboxylic acids is 1. The number of hydrogen-bond donors (Lipinski definition) is 1. The molecular formula is C10H11ClN2O4. The number of nitro benzene ring substituents is 1. The Morgan fingerprint density at radius 3 is 2.88 bits per heavy atom. The van der Waals surface area contributed by atoms with E-state index in [9.17, 15) is 14.9 Å². The summed E-state index contributed by atoms with van der Waals surface area (Å²) in [5, 5.41) is 13.4. The van der Waals surface area contributed by atoms with Crippen LogP contribution in [0.1, 0.15) is 6.42 Å². The number of carbonyl (C=O) groups is 1. The minimum atomic E-state index is -0.564. The molecule has 0 aromatic heterocycles. The standard InChI is InChI=1S/C10H11ClN2O4/c1-12-10(14)4-5-17-9-6-7(11)2-3-8(9)13(15)16/h2-3,6H,4-5H2,1H3,(H,12,14). The molecule has 7 heteroatoms. The zero-order chi connectivity index (χ0) is 12.8. The largest absolute Gasteiger partial charge is 0.486 e. The lowest BCUT2D eigenvalue weighted by Gasteiger charge is -2.06. The molecule has 1 amide bonds. The maximum atomic E-state index is 10.9. The van der Waals surface area contributed by atoms with Crippen molar-refractivity contribution in [2.75, 3.05) is 13.7 Å². The highest BCUT2D eigenvalue weighted by Crippen LogP contribution is 2.29. The van der Waals surface area contributed by atoms with E-state index in [1.807, 2.05) is 0 Å². The van der Waals surface area contributed by atoms with Gasteiger partial charge >= 0.3 is 5.69 Å². The Balaban J connectivity index is 2.72. The zero-order valence-electron chi connectivity index (χ0n) is 9.10. The van der Waals surface area contributed by atoms with Gasteiger partial charge in [0.25, 0.3) is 0 Å². The third-order valence-corrected chi connectivity index (χ3v) is 2.22. The number of nitrogens with zero attached hydrogens (tertiary/aromatic N) is 1. The van der Waals surface area contributed by atoms with Crippen LogP contribution in [0, 0.1) is 10.1 Å². The molecule has 1 aromatic rings. The summed E-state index contributed by atoms with van der Waals surface area (Å²) in [5.74, 6) is -0.138. The van der Waals surface area contributed by atoms with Gasteiger partial charge in [-0.05, 0) is 6.07 Å². The van der Waals surface area contributed by atoms with Crippen LogP contribution in [0.3, 0.4) is 0 Å². The van der Waals surface area contributed by atoms with Crippen molar-refractivity contribution in [3.05, 3.63) is 33.3 Å². The van der Waals surface area contributed by atoms with Crippen molar-refractivity contribution in [1.29, 1.82) is 0 Å². The van der Waals surface area contributed by atoms with Crippen molar-refractivity contribution >= 4 is 23.2 Å². The van der Waals surface area contributed by atoms with Gasteiger partial charge in [0.15, 0.2) is 5.75 Å². The molecule has 1 N–H and O–H groups in total. The van der Waals surface area contributed by atoms with Gasteiger partial charge < -0.3 is 10.1 Å². The van der Waals surface area contributed by atoms with Gasteiger partial charge in [-0.25, -0.2) is 0 Å². The summed E-state index contributed by atoms with van der Waals surface area (Å²) in [4.78, 5) is 21.1. The van der Waals surface area contributed by atoms with E-state index < -0.39 is 4.92 Å². The summed E-state index contributed by atoms with van der Waals surface area (Å²) in [5.41, 5.74) is -0.175. The van der Waals surface area contributed by atoms with Gasteiger partial charge in [-0.3, -0.25) is 14.9 Å². The molecule has 0 aliphatic rings. The maximum Gasteiger partial charge on any atom is 0.311 e. The summed E-state index contributed by atoms with van der Waals surface area (Å²) in [6.07, 6.45) is 0.125. The monoisotopic (exact) mass is 258 g/mol. The van der Waals surface area contributed by atoms with Crippen molar-refractivity contribution in [2.45, 2.75) is 6.42 Å². The van der Waals surface area contributed by atoms with E-state index in [2.05, 4.69) is 5.32 Å². The molecule has 0 fully saturated rings. The molecule has 1 rings (SSSR count). The van der Waals surface area contributed by atoms with Crippen LogP contribution < -0.4 is 10.1 Å². The van der Waals surface area contributed by atoms with E-state index in [0.29, 0.717) is 5.02 Å². The molecule has 0 atom stereocenters. The third-order valence-electron chi connectivity index (χ3n) is 1.98. The molecule has 1 aromatic carbocycles. The van der Waals surface area contributed by atoms with E-state index in [1.165, 1.54) is 25.2 Å². The van der Waals surface area contributed by atoms with E-state index in [0.717, 1.165) is 0 Å². The van der Waals surface area contributed by atoms with E-state index >= 15 is 0 Å². The number of nitro groups is 1. The Morgan fingerprint density at radius 1 is 1.59 bits per heavy atom. The first-order chi connectivity index (χ1) is 8.04. The van der Waals surface area contributed by atoms with Crippen LogP contribution in [0.4, 0.5) is 5.69 Å². The number of amides is 1. The van der Waals surface area contributed by atoms with Gasteiger partial charge in [0.2, 0.25) is 5.91 Å². The van der Waals surface area contributed by atoms with Gasteiger partial charge in [0, 0.05) is 24.2 Å². The van der Waals surface area contributed by atoms with Crippen molar-refractivity contribution in [3.8, 4) is 5.75 Å². The van der Waals surface area contributed by atoms with Crippen molar-refractivity contribution in [1.82, 2.24) is 5.32 Å². The maximum absolute atomic E-state index is 10.9. The SMILES string of the molecule is CNC(=O)CCOc1cc(Cl)ccc1[N+](=O)[O-]. The Morgan fingerprint density at radius 2 is 2.29 bits per heavy atom. The Bertz CT molecular complexity index is 436. The van der Waals surface area contributed by atoms with Crippen LogP contribution in [-0.4, -0.2) is 24.5 Å². The predicted molar refractivity (Wildman–Crippen MR) is 62.3 cm³/mol. The number of hydrogen-bond acceptors (Lipinski definition) is 4. The fourth-order valence-corrected chi connectivity index (χ4v) is 1.30. The fourth-order valence-electron chi connectivity index (χ4n) is 1.13. The second-order valence-electron chi connectivity index (χ2n) is 3.14. The molecule has 0 heterocycles. The van der Waals surface area contributed by atoms with Crippen molar-refractivity contribution in [3.63, 3.8) is 0 Å². The first-order valence-electron chi connectivity index (χ1n) is 4.82. The minimum absolute atomic E-state index is 0.0564. The molecule has 0 spiro atoms. The molecule has 6 nitrogen and oxygen atoms in total. The number of nitrogens with one attached hydrogen (secondary N) is 1. The summed E-state index contributed by atoms with van der Waals surface area (Å²) >= 11 is 5.71. The van der Waals surface area contributed by atoms with Crippen LogP contribution in [0.15, 0.2) is 18.2 Å². The summed E-state index contributed by atoms with van der Waals surface area (Å²) in [6.45, 7) is 0.0564. The lowest BCUT2D eigenvalue weighted by atomic mass is 10.3. The van der Waals surface area contributed by atoms with Gasteiger partial charge in [0.05, 0.1) is 18.0 Å². The Labute approximate surface area is 103 Å². The minimum Gasteiger partial charge on any atom is -0.486 e. The molecule has 92 valence electrons. The topological polar surface area (TPSA) is 81.5 Å². The average Bonchev–Trinajstić information content (AvgIpc) is 2.28. The molecular weight excluding hydrogens is 248 g/mol. The van der Waals surface area contributed by atoms with Gasteiger partial charge in [-0.2, -0.15) is 0 Å². The van der Waals surface area contributed by atoms with Crippen LogP contribution in [-0.2, 0) is 4.79 Å². The molecule has 0 saturated heterocycles. The first kappa shape index (κ1) is 13.2.